The predicted octanol–water partition coefficient (Wildman–Crippen LogP) is 2.50. The molecular formula is C17H23NO2. The lowest BCUT2D eigenvalue weighted by atomic mass is 9.77. The fraction of sp³-hybridized carbons (Fsp3) is 0.588. The largest absolute Gasteiger partial charge is 0.469 e. The Labute approximate surface area is 120 Å². The van der Waals surface area contributed by atoms with Crippen LogP contribution < -0.4 is 0 Å². The molecule has 1 aromatic carbocycles. The molecule has 3 rings (SSSR count). The summed E-state index contributed by atoms with van der Waals surface area (Å²) in [5.74, 6) is 0.422. The van der Waals surface area contributed by atoms with Crippen molar-refractivity contribution in [2.75, 3.05) is 14.2 Å². The smallest absolute Gasteiger partial charge is 0.310 e. The first-order valence-electron chi connectivity index (χ1n) is 7.54. The summed E-state index contributed by atoms with van der Waals surface area (Å²) in [5.41, 5.74) is 1.33. The van der Waals surface area contributed by atoms with Gasteiger partial charge in [-0.2, -0.15) is 0 Å². The fourth-order valence-corrected chi connectivity index (χ4v) is 4.18. The first-order chi connectivity index (χ1) is 9.70. The van der Waals surface area contributed by atoms with Crippen molar-refractivity contribution in [3.05, 3.63) is 35.9 Å². The highest BCUT2D eigenvalue weighted by Crippen LogP contribution is 2.43. The Balaban J connectivity index is 1.82. The third kappa shape index (κ3) is 2.35. The van der Waals surface area contributed by atoms with E-state index in [9.17, 15) is 4.79 Å². The zero-order valence-electron chi connectivity index (χ0n) is 12.3. The van der Waals surface area contributed by atoms with Crippen LogP contribution in [0.5, 0.6) is 0 Å². The van der Waals surface area contributed by atoms with Crippen molar-refractivity contribution >= 4 is 5.97 Å². The molecule has 2 aliphatic rings. The lowest BCUT2D eigenvalue weighted by Crippen LogP contribution is -2.50. The van der Waals surface area contributed by atoms with Gasteiger partial charge in [0.05, 0.1) is 13.0 Å². The van der Waals surface area contributed by atoms with Crippen molar-refractivity contribution in [2.45, 2.75) is 37.8 Å². The van der Waals surface area contributed by atoms with Gasteiger partial charge in [-0.15, -0.1) is 0 Å². The van der Waals surface area contributed by atoms with E-state index >= 15 is 0 Å². The minimum absolute atomic E-state index is 0.0249. The second-order valence-corrected chi connectivity index (χ2v) is 6.20. The van der Waals surface area contributed by atoms with E-state index in [1.165, 1.54) is 19.1 Å². The number of hydrogen-bond donors (Lipinski definition) is 0. The zero-order valence-corrected chi connectivity index (χ0v) is 12.3. The fourth-order valence-electron chi connectivity index (χ4n) is 4.18. The van der Waals surface area contributed by atoms with Gasteiger partial charge in [0.1, 0.15) is 0 Å². The molecule has 3 heteroatoms. The summed E-state index contributed by atoms with van der Waals surface area (Å²) in [6, 6.07) is 11.5. The summed E-state index contributed by atoms with van der Waals surface area (Å²) in [6.45, 7) is 0. The van der Waals surface area contributed by atoms with Crippen LogP contribution in [0.15, 0.2) is 30.3 Å². The molecule has 2 heterocycles. The lowest BCUT2D eigenvalue weighted by Gasteiger charge is -2.41. The van der Waals surface area contributed by atoms with Gasteiger partial charge in [0.25, 0.3) is 0 Å². The Kier molecular flexibility index (Phi) is 3.79. The molecule has 0 N–H and O–H groups in total. The van der Waals surface area contributed by atoms with E-state index < -0.39 is 0 Å². The zero-order chi connectivity index (χ0) is 14.1. The van der Waals surface area contributed by atoms with Crippen molar-refractivity contribution in [3.63, 3.8) is 0 Å². The molecule has 0 aromatic heterocycles. The molecule has 1 aromatic rings. The maximum atomic E-state index is 12.3. The molecule has 2 fully saturated rings. The van der Waals surface area contributed by atoms with Crippen LogP contribution in [0.1, 0.15) is 24.8 Å². The van der Waals surface area contributed by atoms with E-state index in [4.69, 9.17) is 4.74 Å². The van der Waals surface area contributed by atoms with Crippen LogP contribution in [0, 0.1) is 11.8 Å². The monoisotopic (exact) mass is 273 g/mol. The van der Waals surface area contributed by atoms with E-state index in [0.717, 1.165) is 19.3 Å². The number of fused-ring (bicyclic) bond motifs is 2. The standard InChI is InChI=1S/C17H23NO2/c1-18-14-8-9-15(18)16(17(19)20-2)13(11-14)10-12-6-4-3-5-7-12/h3-7,13-16H,8-11H2,1-2H3/t13-,14-,15+,16-/m0/s1. The van der Waals surface area contributed by atoms with Crippen molar-refractivity contribution in [2.24, 2.45) is 11.8 Å². The number of piperidine rings is 1. The van der Waals surface area contributed by atoms with Gasteiger partial charge in [0.2, 0.25) is 0 Å². The van der Waals surface area contributed by atoms with Gasteiger partial charge in [0.15, 0.2) is 0 Å². The molecule has 0 amide bonds. The van der Waals surface area contributed by atoms with E-state index in [1.54, 1.807) is 0 Å². The minimum atomic E-state index is -0.0249. The molecule has 2 aliphatic heterocycles. The number of esters is 1. The molecule has 0 saturated carbocycles. The lowest BCUT2D eigenvalue weighted by molar-refractivity contribution is -0.152. The summed E-state index contributed by atoms with van der Waals surface area (Å²) < 4.78 is 5.09. The number of benzene rings is 1. The van der Waals surface area contributed by atoms with E-state index in [0.29, 0.717) is 18.0 Å². The number of rotatable bonds is 3. The Morgan fingerprint density at radius 2 is 2.05 bits per heavy atom. The molecule has 0 spiro atoms. The third-order valence-electron chi connectivity index (χ3n) is 5.21. The molecule has 3 nitrogen and oxygen atoms in total. The summed E-state index contributed by atoms with van der Waals surface area (Å²) in [6.07, 6.45) is 4.45. The van der Waals surface area contributed by atoms with Gasteiger partial charge in [-0.3, -0.25) is 9.69 Å². The predicted molar refractivity (Wildman–Crippen MR) is 78.3 cm³/mol. The number of nitrogens with zero attached hydrogens (tertiary/aromatic N) is 1. The number of carbonyl (C=O) groups excluding carboxylic acids is 1. The quantitative estimate of drug-likeness (QED) is 0.793. The summed E-state index contributed by atoms with van der Waals surface area (Å²) in [7, 11) is 3.68. The van der Waals surface area contributed by atoms with Crippen LogP contribution in [-0.2, 0) is 16.0 Å². The Hall–Kier alpha value is -1.35. The average Bonchev–Trinajstić information content (AvgIpc) is 2.72. The highest BCUT2D eigenvalue weighted by atomic mass is 16.5. The number of carbonyl (C=O) groups is 1. The van der Waals surface area contributed by atoms with Crippen LogP contribution in [0.25, 0.3) is 0 Å². The molecule has 2 saturated heterocycles. The van der Waals surface area contributed by atoms with Crippen LogP contribution in [0.3, 0.4) is 0 Å². The number of hydrogen-bond acceptors (Lipinski definition) is 3. The maximum absolute atomic E-state index is 12.3. The van der Waals surface area contributed by atoms with Gasteiger partial charge in [-0.05, 0) is 44.2 Å². The van der Waals surface area contributed by atoms with E-state index in [2.05, 4.69) is 36.2 Å². The first kappa shape index (κ1) is 13.6. The average molecular weight is 273 g/mol. The number of ether oxygens (including phenoxy) is 1. The van der Waals surface area contributed by atoms with Gasteiger partial charge >= 0.3 is 5.97 Å². The normalized spacial score (nSPS) is 33.1. The third-order valence-corrected chi connectivity index (χ3v) is 5.21. The maximum Gasteiger partial charge on any atom is 0.310 e. The molecule has 20 heavy (non-hydrogen) atoms. The van der Waals surface area contributed by atoms with Crippen molar-refractivity contribution in [3.8, 4) is 0 Å². The van der Waals surface area contributed by atoms with Gasteiger partial charge in [-0.25, -0.2) is 0 Å². The Morgan fingerprint density at radius 1 is 1.30 bits per heavy atom. The number of methoxy groups -OCH3 is 1. The van der Waals surface area contributed by atoms with Crippen molar-refractivity contribution < 1.29 is 9.53 Å². The van der Waals surface area contributed by atoms with E-state index in [-0.39, 0.29) is 11.9 Å². The van der Waals surface area contributed by atoms with Gasteiger partial charge < -0.3 is 4.74 Å². The molecule has 2 bridgehead atoms. The topological polar surface area (TPSA) is 29.5 Å². The van der Waals surface area contributed by atoms with Crippen molar-refractivity contribution in [1.29, 1.82) is 0 Å². The summed E-state index contributed by atoms with van der Waals surface area (Å²) >= 11 is 0. The second-order valence-electron chi connectivity index (χ2n) is 6.20. The molecule has 4 atom stereocenters. The highest BCUT2D eigenvalue weighted by molar-refractivity contribution is 5.74. The van der Waals surface area contributed by atoms with Crippen LogP contribution >= 0.6 is 0 Å². The Morgan fingerprint density at radius 3 is 2.75 bits per heavy atom. The minimum Gasteiger partial charge on any atom is -0.469 e. The molecule has 0 radical (unpaired) electrons. The molecule has 0 unspecified atom stereocenters. The van der Waals surface area contributed by atoms with Gasteiger partial charge in [0, 0.05) is 12.1 Å². The van der Waals surface area contributed by atoms with Crippen LogP contribution in [-0.4, -0.2) is 37.1 Å². The molecular weight excluding hydrogens is 250 g/mol. The second kappa shape index (κ2) is 5.57. The first-order valence-corrected chi connectivity index (χ1v) is 7.54. The van der Waals surface area contributed by atoms with Crippen LogP contribution in [0.2, 0.25) is 0 Å². The Bertz CT molecular complexity index is 473. The van der Waals surface area contributed by atoms with Crippen molar-refractivity contribution in [1.82, 2.24) is 4.90 Å². The SMILES string of the molecule is COC(=O)[C@H]1[C@@H](Cc2ccccc2)C[C@@H]2CC[C@H]1N2C. The van der Waals surface area contributed by atoms with E-state index in [1.807, 2.05) is 6.07 Å². The summed E-state index contributed by atoms with van der Waals surface area (Å²) in [4.78, 5) is 14.7. The highest BCUT2D eigenvalue weighted by Gasteiger charge is 2.48. The molecule has 108 valence electrons. The van der Waals surface area contributed by atoms with Gasteiger partial charge in [-0.1, -0.05) is 30.3 Å². The van der Waals surface area contributed by atoms with Crippen LogP contribution in [0.4, 0.5) is 0 Å². The summed E-state index contributed by atoms with van der Waals surface area (Å²) in [5, 5.41) is 0. The molecule has 0 aliphatic carbocycles.